The number of aryl methyl sites for hydroxylation is 1. The summed E-state index contributed by atoms with van der Waals surface area (Å²) in [7, 11) is 0. The van der Waals surface area contributed by atoms with Crippen molar-refractivity contribution in [3.8, 4) is 11.5 Å². The van der Waals surface area contributed by atoms with Gasteiger partial charge in [-0.05, 0) is 99.6 Å². The number of aromatic hydroxyl groups is 1. The van der Waals surface area contributed by atoms with Crippen molar-refractivity contribution in [3.63, 3.8) is 0 Å². The minimum atomic E-state index is -0.615. The lowest BCUT2D eigenvalue weighted by molar-refractivity contribution is -0.131. The first-order chi connectivity index (χ1) is 15.1. The van der Waals surface area contributed by atoms with Crippen LogP contribution in [0.1, 0.15) is 56.4 Å². The molecule has 0 atom stereocenters. The van der Waals surface area contributed by atoms with E-state index in [4.69, 9.17) is 9.47 Å². The second kappa shape index (κ2) is 8.23. The van der Waals surface area contributed by atoms with Crippen molar-refractivity contribution < 1.29 is 24.5 Å². The lowest BCUT2D eigenvalue weighted by atomic mass is 9.93. The van der Waals surface area contributed by atoms with E-state index in [1.165, 1.54) is 6.07 Å². The molecule has 2 aromatic rings. The van der Waals surface area contributed by atoms with E-state index in [0.29, 0.717) is 17.5 Å². The van der Waals surface area contributed by atoms with Gasteiger partial charge in [0.25, 0.3) is 0 Å². The number of aliphatic hydroxyl groups excluding tert-OH is 1. The molecule has 0 aliphatic carbocycles. The zero-order valence-corrected chi connectivity index (χ0v) is 18.9. The summed E-state index contributed by atoms with van der Waals surface area (Å²) in [5.41, 5.74) is 4.13. The maximum absolute atomic E-state index is 12.6. The van der Waals surface area contributed by atoms with Crippen molar-refractivity contribution in [2.24, 2.45) is 0 Å². The number of rotatable bonds is 4. The predicted molar refractivity (Wildman–Crippen MR) is 124 cm³/mol. The Morgan fingerprint density at radius 3 is 2.66 bits per heavy atom. The van der Waals surface area contributed by atoms with Crippen molar-refractivity contribution >= 4 is 17.6 Å². The molecule has 0 bridgehead atoms. The van der Waals surface area contributed by atoms with Crippen LogP contribution in [0.25, 0.3) is 11.6 Å². The van der Waals surface area contributed by atoms with Gasteiger partial charge in [0.1, 0.15) is 22.7 Å². The largest absolute Gasteiger partial charge is 0.508 e. The first kappa shape index (κ1) is 21.8. The summed E-state index contributed by atoms with van der Waals surface area (Å²) in [5.74, 6) is 0.300. The van der Waals surface area contributed by atoms with E-state index in [-0.39, 0.29) is 28.4 Å². The second-order valence-electron chi connectivity index (χ2n) is 9.18. The first-order valence-corrected chi connectivity index (χ1v) is 10.8. The third-order valence-corrected chi connectivity index (χ3v) is 5.74. The summed E-state index contributed by atoms with van der Waals surface area (Å²) < 4.78 is 11.4. The van der Waals surface area contributed by atoms with Crippen LogP contribution >= 0.6 is 0 Å². The van der Waals surface area contributed by atoms with Gasteiger partial charge in [0.15, 0.2) is 11.5 Å². The molecule has 4 rings (SSSR count). The molecule has 2 N–H and O–H groups in total. The summed E-state index contributed by atoms with van der Waals surface area (Å²) in [6.07, 6.45) is 5.99. The van der Waals surface area contributed by atoms with Crippen LogP contribution in [-0.2, 0) is 22.4 Å². The quantitative estimate of drug-likeness (QED) is 0.467. The highest BCUT2D eigenvalue weighted by atomic mass is 16.6. The van der Waals surface area contributed by atoms with Crippen LogP contribution in [-0.4, -0.2) is 21.8 Å². The molecule has 2 aliphatic heterocycles. The Morgan fingerprint density at radius 1 is 1.12 bits per heavy atom. The average molecular weight is 433 g/mol. The summed E-state index contributed by atoms with van der Waals surface area (Å²) in [6, 6.07) is 10.6. The fourth-order valence-electron chi connectivity index (χ4n) is 3.91. The molecule has 0 fully saturated rings. The fraction of sp³-hybridized carbons (Fsp3) is 0.296. The van der Waals surface area contributed by atoms with Crippen LogP contribution in [0.5, 0.6) is 11.5 Å². The summed E-state index contributed by atoms with van der Waals surface area (Å²) in [5, 5.41) is 20.9. The van der Waals surface area contributed by atoms with Crippen LogP contribution in [0.4, 0.5) is 0 Å². The maximum Gasteiger partial charge on any atom is 0.348 e. The molecule has 0 amide bonds. The Bertz CT molecular complexity index is 1180. The Hall–Kier alpha value is -3.47. The molecular formula is C27H28O5. The number of hydrogen-bond donors (Lipinski definition) is 2. The second-order valence-corrected chi connectivity index (χ2v) is 9.18. The predicted octanol–water partition coefficient (Wildman–Crippen LogP) is 5.87. The Balaban J connectivity index is 1.66. The molecule has 0 saturated heterocycles. The highest BCUT2D eigenvalue weighted by Gasteiger charge is 2.32. The third kappa shape index (κ3) is 4.42. The normalized spacial score (nSPS) is 18.2. The zero-order chi connectivity index (χ0) is 23.0. The van der Waals surface area contributed by atoms with Crippen LogP contribution in [0.3, 0.4) is 0 Å². The summed E-state index contributed by atoms with van der Waals surface area (Å²) in [4.78, 5) is 12.6. The molecule has 2 aliphatic rings. The van der Waals surface area contributed by atoms with E-state index < -0.39 is 5.97 Å². The number of carbonyl (C=O) groups excluding carboxylic acids is 1. The SMILES string of the molecule is CC(C)=CCc1cc(C2=C(O)/C(=C/c3ccc4c(c3)CCC(C)(C)O4)OC2=O)ccc1O. The zero-order valence-electron chi connectivity index (χ0n) is 18.9. The smallest absolute Gasteiger partial charge is 0.348 e. The van der Waals surface area contributed by atoms with Crippen molar-refractivity contribution in [1.82, 2.24) is 0 Å². The number of ether oxygens (including phenoxy) is 2. The number of benzene rings is 2. The molecule has 5 heteroatoms. The van der Waals surface area contributed by atoms with Gasteiger partial charge in [-0.3, -0.25) is 0 Å². The minimum absolute atomic E-state index is 0.0951. The molecule has 2 aromatic carbocycles. The van der Waals surface area contributed by atoms with E-state index in [9.17, 15) is 15.0 Å². The number of esters is 1. The van der Waals surface area contributed by atoms with Gasteiger partial charge < -0.3 is 19.7 Å². The van der Waals surface area contributed by atoms with Gasteiger partial charge in [0, 0.05) is 0 Å². The van der Waals surface area contributed by atoms with Crippen molar-refractivity contribution in [3.05, 3.63) is 81.8 Å². The number of cyclic esters (lactones) is 1. The topological polar surface area (TPSA) is 76.0 Å². The van der Waals surface area contributed by atoms with Gasteiger partial charge >= 0.3 is 5.97 Å². The fourth-order valence-corrected chi connectivity index (χ4v) is 3.91. The van der Waals surface area contributed by atoms with E-state index in [1.807, 2.05) is 38.1 Å². The molecule has 0 aromatic heterocycles. The molecule has 5 nitrogen and oxygen atoms in total. The molecule has 0 spiro atoms. The maximum atomic E-state index is 12.6. The lowest BCUT2D eigenvalue weighted by Gasteiger charge is -2.32. The molecule has 32 heavy (non-hydrogen) atoms. The van der Waals surface area contributed by atoms with E-state index in [2.05, 4.69) is 13.8 Å². The molecule has 2 heterocycles. The van der Waals surface area contributed by atoms with Gasteiger partial charge in [-0.15, -0.1) is 0 Å². The van der Waals surface area contributed by atoms with E-state index in [0.717, 1.165) is 35.3 Å². The number of phenols is 1. The van der Waals surface area contributed by atoms with Gasteiger partial charge in [0.05, 0.1) is 0 Å². The Kier molecular flexibility index (Phi) is 5.59. The number of aliphatic hydroxyl groups is 1. The number of fused-ring (bicyclic) bond motifs is 1. The highest BCUT2D eigenvalue weighted by Crippen LogP contribution is 2.37. The van der Waals surface area contributed by atoms with Gasteiger partial charge in [-0.25, -0.2) is 4.79 Å². The average Bonchev–Trinajstić information content (AvgIpc) is 3.00. The number of hydrogen-bond acceptors (Lipinski definition) is 5. The monoisotopic (exact) mass is 432 g/mol. The van der Waals surface area contributed by atoms with E-state index >= 15 is 0 Å². The van der Waals surface area contributed by atoms with Gasteiger partial charge in [-0.2, -0.15) is 0 Å². The van der Waals surface area contributed by atoms with Gasteiger partial charge in [-0.1, -0.05) is 23.8 Å². The number of phenolic OH excluding ortho intramolecular Hbond substituents is 1. The van der Waals surface area contributed by atoms with Crippen LogP contribution in [0.2, 0.25) is 0 Å². The Labute approximate surface area is 188 Å². The van der Waals surface area contributed by atoms with Crippen molar-refractivity contribution in [2.45, 2.75) is 52.6 Å². The molecule has 0 saturated carbocycles. The molecule has 0 radical (unpaired) electrons. The lowest BCUT2D eigenvalue weighted by Crippen LogP contribution is -2.32. The first-order valence-electron chi connectivity index (χ1n) is 10.8. The van der Waals surface area contributed by atoms with Crippen molar-refractivity contribution in [1.29, 1.82) is 0 Å². The standard InChI is InChI=1S/C27H28O5/c1-16(2)5-7-18-15-20(8-9-21(18)28)24-25(29)23(31-26(24)30)14-17-6-10-22-19(13-17)11-12-27(3,4)32-22/h5-6,8-10,13-15,28-29H,7,11-12H2,1-4H3/b23-14-. The van der Waals surface area contributed by atoms with Gasteiger partial charge in [0.2, 0.25) is 0 Å². The number of carbonyl (C=O) groups is 1. The third-order valence-electron chi connectivity index (χ3n) is 5.74. The highest BCUT2D eigenvalue weighted by molar-refractivity contribution is 6.21. The van der Waals surface area contributed by atoms with Crippen LogP contribution in [0.15, 0.2) is 59.6 Å². The van der Waals surface area contributed by atoms with E-state index in [1.54, 1.807) is 18.2 Å². The molecule has 0 unspecified atom stereocenters. The minimum Gasteiger partial charge on any atom is -0.508 e. The number of allylic oxidation sites excluding steroid dienone is 2. The Morgan fingerprint density at radius 2 is 1.91 bits per heavy atom. The van der Waals surface area contributed by atoms with Crippen molar-refractivity contribution in [2.75, 3.05) is 0 Å². The molecule has 166 valence electrons. The molecular weight excluding hydrogens is 404 g/mol. The summed E-state index contributed by atoms with van der Waals surface area (Å²) >= 11 is 0. The van der Waals surface area contributed by atoms with Crippen LogP contribution < -0.4 is 4.74 Å². The van der Waals surface area contributed by atoms with Crippen LogP contribution in [0, 0.1) is 0 Å². The summed E-state index contributed by atoms with van der Waals surface area (Å²) in [6.45, 7) is 8.11.